The summed E-state index contributed by atoms with van der Waals surface area (Å²) in [6, 6.07) is 2.53. The third kappa shape index (κ3) is 2.91. The minimum Gasteiger partial charge on any atom is -0.397 e. The van der Waals surface area contributed by atoms with Gasteiger partial charge in [0.2, 0.25) is 0 Å². The van der Waals surface area contributed by atoms with E-state index in [0.717, 1.165) is 30.7 Å². The summed E-state index contributed by atoms with van der Waals surface area (Å²) in [5.74, 6) is -0.0437. The quantitative estimate of drug-likeness (QED) is 0.778. The summed E-state index contributed by atoms with van der Waals surface area (Å²) >= 11 is 1.43. The Morgan fingerprint density at radius 1 is 1.40 bits per heavy atom. The average Bonchev–Trinajstić information content (AvgIpc) is 2.99. The van der Waals surface area contributed by atoms with Crippen molar-refractivity contribution in [2.45, 2.75) is 50.3 Å². The van der Waals surface area contributed by atoms with Crippen molar-refractivity contribution >= 4 is 27.9 Å². The number of rotatable bonds is 5. The molecule has 0 saturated heterocycles. The Morgan fingerprint density at radius 3 is 2.90 bits per heavy atom. The van der Waals surface area contributed by atoms with E-state index in [0.29, 0.717) is 22.6 Å². The van der Waals surface area contributed by atoms with Gasteiger partial charge in [-0.25, -0.2) is 0 Å². The fourth-order valence-electron chi connectivity index (χ4n) is 2.69. The smallest absolute Gasteiger partial charge is 0.263 e. The summed E-state index contributed by atoms with van der Waals surface area (Å²) in [4.78, 5) is 12.7. The zero-order valence-corrected chi connectivity index (χ0v) is 12.5. The van der Waals surface area contributed by atoms with Crippen molar-refractivity contribution < 1.29 is 9.53 Å². The normalized spacial score (nSPS) is 25.6. The van der Waals surface area contributed by atoms with Crippen LogP contribution in [-0.4, -0.2) is 31.2 Å². The average molecular weight is 295 g/mol. The molecule has 2 atom stereocenters. The molecule has 0 aliphatic heterocycles. The van der Waals surface area contributed by atoms with Crippen molar-refractivity contribution in [3.8, 4) is 0 Å². The third-order valence-electron chi connectivity index (χ3n) is 3.96. The van der Waals surface area contributed by atoms with Gasteiger partial charge in [0, 0.05) is 13.2 Å². The number of nitrogens with two attached hydrogens (primary N) is 1. The Bertz CT molecular complexity index is 499. The van der Waals surface area contributed by atoms with Gasteiger partial charge >= 0.3 is 0 Å². The van der Waals surface area contributed by atoms with Crippen LogP contribution in [0.3, 0.4) is 0 Å². The van der Waals surface area contributed by atoms with E-state index >= 15 is 0 Å². The fourth-order valence-corrected chi connectivity index (χ4v) is 3.63. The van der Waals surface area contributed by atoms with Gasteiger partial charge < -0.3 is 21.1 Å². The number of nitrogen functional groups attached to an aromatic ring is 1. The van der Waals surface area contributed by atoms with Gasteiger partial charge in [-0.2, -0.15) is 0 Å². The van der Waals surface area contributed by atoms with Gasteiger partial charge in [0.15, 0.2) is 0 Å². The Labute approximate surface area is 122 Å². The van der Waals surface area contributed by atoms with E-state index in [1.54, 1.807) is 7.11 Å². The number of carbonyl (C=O) groups is 1. The third-order valence-corrected chi connectivity index (χ3v) is 5.04. The minimum absolute atomic E-state index is 0.0437. The first kappa shape index (κ1) is 13.7. The molecule has 0 bridgehead atoms. The summed E-state index contributed by atoms with van der Waals surface area (Å²) in [6.45, 7) is 0. The largest absolute Gasteiger partial charge is 0.397 e. The van der Waals surface area contributed by atoms with Gasteiger partial charge in [-0.05, 0) is 38.2 Å². The van der Waals surface area contributed by atoms with E-state index in [2.05, 4.69) is 10.6 Å². The lowest BCUT2D eigenvalue weighted by molar-refractivity contribution is 0.0956. The van der Waals surface area contributed by atoms with Crippen LogP contribution in [0.1, 0.15) is 41.8 Å². The Hall–Kier alpha value is -1.27. The molecule has 5 nitrogen and oxygen atoms in total. The molecule has 4 N–H and O–H groups in total. The number of carbonyl (C=O) groups excluding carboxylic acids is 1. The van der Waals surface area contributed by atoms with Crippen LogP contribution in [-0.2, 0) is 4.74 Å². The molecule has 110 valence electrons. The molecular weight excluding hydrogens is 274 g/mol. The first-order valence-electron chi connectivity index (χ1n) is 7.17. The lowest BCUT2D eigenvalue weighted by atomic mass is 10.2. The second kappa shape index (κ2) is 5.61. The van der Waals surface area contributed by atoms with Crippen LogP contribution in [0.5, 0.6) is 0 Å². The summed E-state index contributed by atoms with van der Waals surface area (Å²) in [5, 5.41) is 7.39. The summed E-state index contributed by atoms with van der Waals surface area (Å²) in [6.07, 6.45) is 5.78. The Kier molecular flexibility index (Phi) is 3.85. The first-order chi connectivity index (χ1) is 9.67. The maximum Gasteiger partial charge on any atom is 0.263 e. The van der Waals surface area contributed by atoms with Crippen LogP contribution in [0.15, 0.2) is 6.07 Å². The van der Waals surface area contributed by atoms with Gasteiger partial charge in [0.1, 0.15) is 4.88 Å². The number of anilines is 2. The van der Waals surface area contributed by atoms with E-state index in [1.165, 1.54) is 17.8 Å². The maximum absolute atomic E-state index is 12.1. The SMILES string of the molecule is COC1CCCC1Nc1cc(N)c(C(=O)NC2CC2)s1. The van der Waals surface area contributed by atoms with Crippen LogP contribution in [0, 0.1) is 0 Å². The molecule has 0 aromatic carbocycles. The van der Waals surface area contributed by atoms with Gasteiger partial charge in [0.05, 0.1) is 22.8 Å². The second-order valence-corrected chi connectivity index (χ2v) is 6.65. The molecule has 1 aromatic heterocycles. The molecule has 1 amide bonds. The van der Waals surface area contributed by atoms with Crippen molar-refractivity contribution in [3.63, 3.8) is 0 Å². The van der Waals surface area contributed by atoms with Crippen LogP contribution < -0.4 is 16.4 Å². The van der Waals surface area contributed by atoms with Crippen LogP contribution in [0.4, 0.5) is 10.7 Å². The van der Waals surface area contributed by atoms with Gasteiger partial charge in [-0.3, -0.25) is 4.79 Å². The van der Waals surface area contributed by atoms with Crippen LogP contribution >= 0.6 is 11.3 Å². The Morgan fingerprint density at radius 2 is 2.20 bits per heavy atom. The standard InChI is InChI=1S/C14H21N3O2S/c1-19-11-4-2-3-10(11)17-12-7-9(15)13(20-12)14(18)16-8-5-6-8/h7-8,10-11,17H,2-6,15H2,1H3,(H,16,18). The van der Waals surface area contributed by atoms with Crippen LogP contribution in [0.25, 0.3) is 0 Å². The van der Waals surface area contributed by atoms with Crippen LogP contribution in [0.2, 0.25) is 0 Å². The summed E-state index contributed by atoms with van der Waals surface area (Å²) in [5.41, 5.74) is 6.52. The molecule has 2 fully saturated rings. The molecule has 1 aromatic rings. The number of hydrogen-bond acceptors (Lipinski definition) is 5. The van der Waals surface area contributed by atoms with Gasteiger partial charge in [0.25, 0.3) is 5.91 Å². The molecule has 20 heavy (non-hydrogen) atoms. The number of thiophene rings is 1. The number of ether oxygens (including phenoxy) is 1. The summed E-state index contributed by atoms with van der Waals surface area (Å²) < 4.78 is 5.47. The number of hydrogen-bond donors (Lipinski definition) is 3. The Balaban J connectivity index is 1.66. The first-order valence-corrected chi connectivity index (χ1v) is 7.98. The lowest BCUT2D eigenvalue weighted by Gasteiger charge is -2.19. The number of amides is 1. The maximum atomic E-state index is 12.1. The molecule has 2 saturated carbocycles. The van der Waals surface area contributed by atoms with Crippen molar-refractivity contribution in [2.75, 3.05) is 18.2 Å². The van der Waals surface area contributed by atoms with E-state index in [-0.39, 0.29) is 12.0 Å². The van der Waals surface area contributed by atoms with E-state index in [9.17, 15) is 4.79 Å². The molecule has 1 heterocycles. The van der Waals surface area contributed by atoms with Crippen molar-refractivity contribution in [1.82, 2.24) is 5.32 Å². The molecule has 0 radical (unpaired) electrons. The molecule has 3 rings (SSSR count). The predicted molar refractivity (Wildman–Crippen MR) is 81.3 cm³/mol. The number of nitrogens with one attached hydrogen (secondary N) is 2. The molecule has 2 aliphatic carbocycles. The highest BCUT2D eigenvalue weighted by molar-refractivity contribution is 7.18. The monoisotopic (exact) mass is 295 g/mol. The zero-order valence-electron chi connectivity index (χ0n) is 11.6. The van der Waals surface area contributed by atoms with Gasteiger partial charge in [-0.1, -0.05) is 0 Å². The van der Waals surface area contributed by atoms with Crippen molar-refractivity contribution in [1.29, 1.82) is 0 Å². The topological polar surface area (TPSA) is 76.4 Å². The molecular formula is C14H21N3O2S. The summed E-state index contributed by atoms with van der Waals surface area (Å²) in [7, 11) is 1.75. The molecule has 0 spiro atoms. The zero-order chi connectivity index (χ0) is 14.1. The number of methoxy groups -OCH3 is 1. The van der Waals surface area contributed by atoms with E-state index in [1.807, 2.05) is 6.07 Å². The minimum atomic E-state index is -0.0437. The highest BCUT2D eigenvalue weighted by Gasteiger charge is 2.29. The second-order valence-electron chi connectivity index (χ2n) is 5.60. The predicted octanol–water partition coefficient (Wildman–Crippen LogP) is 2.20. The van der Waals surface area contributed by atoms with E-state index < -0.39 is 0 Å². The van der Waals surface area contributed by atoms with Crippen molar-refractivity contribution in [2.24, 2.45) is 0 Å². The highest BCUT2D eigenvalue weighted by Crippen LogP contribution is 2.33. The van der Waals surface area contributed by atoms with Gasteiger partial charge in [-0.15, -0.1) is 11.3 Å². The molecule has 2 unspecified atom stereocenters. The highest BCUT2D eigenvalue weighted by atomic mass is 32.1. The van der Waals surface area contributed by atoms with Crippen molar-refractivity contribution in [3.05, 3.63) is 10.9 Å². The molecule has 2 aliphatic rings. The lowest BCUT2D eigenvalue weighted by Crippen LogP contribution is -2.29. The molecule has 6 heteroatoms. The van der Waals surface area contributed by atoms with E-state index in [4.69, 9.17) is 10.5 Å². The fraction of sp³-hybridized carbons (Fsp3) is 0.643.